The standard InChI is InChI=1S/C16H32N4O3S2/c1-4-25(21,22)20-9-5-14(6-10-20)19-15(17-2)18-13-16(24-3)7-11-23-12-8-16/h14H,4-13H2,1-3H3,(H2,17,18,19). The molecule has 0 saturated carbocycles. The minimum atomic E-state index is -3.07. The molecule has 0 spiro atoms. The molecular weight excluding hydrogens is 360 g/mol. The van der Waals surface area contributed by atoms with Gasteiger partial charge in [0.15, 0.2) is 5.96 Å². The number of rotatable bonds is 6. The van der Waals surface area contributed by atoms with Crippen LogP contribution in [0.15, 0.2) is 4.99 Å². The van der Waals surface area contributed by atoms with Crippen LogP contribution in [0.4, 0.5) is 0 Å². The first-order valence-electron chi connectivity index (χ1n) is 9.02. The van der Waals surface area contributed by atoms with Crippen molar-refractivity contribution in [3.05, 3.63) is 0 Å². The van der Waals surface area contributed by atoms with Crippen LogP contribution < -0.4 is 10.6 Å². The first-order chi connectivity index (χ1) is 11.9. The minimum absolute atomic E-state index is 0.175. The zero-order chi connectivity index (χ0) is 18.3. The average Bonchev–Trinajstić information content (AvgIpc) is 2.66. The van der Waals surface area contributed by atoms with E-state index in [1.54, 1.807) is 18.3 Å². The summed E-state index contributed by atoms with van der Waals surface area (Å²) in [5.74, 6) is 0.978. The number of aliphatic imine (C=N–C) groups is 1. The fourth-order valence-electron chi connectivity index (χ4n) is 3.29. The van der Waals surface area contributed by atoms with Crippen LogP contribution in [0.25, 0.3) is 0 Å². The van der Waals surface area contributed by atoms with Crippen LogP contribution in [0.1, 0.15) is 32.6 Å². The molecule has 146 valence electrons. The van der Waals surface area contributed by atoms with Crippen LogP contribution in [0, 0.1) is 0 Å². The predicted molar refractivity (Wildman–Crippen MR) is 105 cm³/mol. The lowest BCUT2D eigenvalue weighted by molar-refractivity contribution is 0.0782. The van der Waals surface area contributed by atoms with Crippen molar-refractivity contribution >= 4 is 27.7 Å². The van der Waals surface area contributed by atoms with Crippen molar-refractivity contribution < 1.29 is 13.2 Å². The second kappa shape index (κ2) is 9.43. The third-order valence-electron chi connectivity index (χ3n) is 5.19. The second-order valence-electron chi connectivity index (χ2n) is 6.64. The molecule has 2 fully saturated rings. The highest BCUT2D eigenvalue weighted by Gasteiger charge is 2.32. The smallest absolute Gasteiger partial charge is 0.213 e. The van der Waals surface area contributed by atoms with Crippen molar-refractivity contribution in [1.82, 2.24) is 14.9 Å². The maximum Gasteiger partial charge on any atom is 0.213 e. The summed E-state index contributed by atoms with van der Waals surface area (Å²) < 4.78 is 31.2. The van der Waals surface area contributed by atoms with Gasteiger partial charge in [0.1, 0.15) is 0 Å². The Morgan fingerprint density at radius 2 is 1.96 bits per heavy atom. The molecule has 0 aromatic rings. The van der Waals surface area contributed by atoms with E-state index in [0.717, 1.165) is 51.4 Å². The van der Waals surface area contributed by atoms with Gasteiger partial charge in [0.25, 0.3) is 0 Å². The number of nitrogens with one attached hydrogen (secondary N) is 2. The summed E-state index contributed by atoms with van der Waals surface area (Å²) in [7, 11) is -1.29. The Kier molecular flexibility index (Phi) is 7.85. The highest BCUT2D eigenvalue weighted by atomic mass is 32.2. The van der Waals surface area contributed by atoms with Crippen molar-refractivity contribution in [2.75, 3.05) is 51.9 Å². The van der Waals surface area contributed by atoms with Gasteiger partial charge in [-0.05, 0) is 38.9 Å². The number of ether oxygens (including phenoxy) is 1. The maximum absolute atomic E-state index is 11.9. The molecule has 0 aromatic heterocycles. The summed E-state index contributed by atoms with van der Waals surface area (Å²) in [5.41, 5.74) is 0. The Labute approximate surface area is 156 Å². The Bertz CT molecular complexity index is 540. The van der Waals surface area contributed by atoms with E-state index in [1.807, 2.05) is 11.8 Å². The maximum atomic E-state index is 11.9. The largest absolute Gasteiger partial charge is 0.381 e. The third-order valence-corrected chi connectivity index (χ3v) is 8.49. The zero-order valence-corrected chi connectivity index (χ0v) is 17.2. The van der Waals surface area contributed by atoms with E-state index in [4.69, 9.17) is 4.74 Å². The molecule has 2 rings (SSSR count). The Morgan fingerprint density at radius 3 is 2.48 bits per heavy atom. The number of nitrogens with zero attached hydrogens (tertiary/aromatic N) is 2. The highest BCUT2D eigenvalue weighted by Crippen LogP contribution is 2.32. The van der Waals surface area contributed by atoms with Gasteiger partial charge in [-0.25, -0.2) is 12.7 Å². The summed E-state index contributed by atoms with van der Waals surface area (Å²) in [5, 5.41) is 6.91. The van der Waals surface area contributed by atoms with Gasteiger partial charge < -0.3 is 15.4 Å². The van der Waals surface area contributed by atoms with Crippen LogP contribution in [0.5, 0.6) is 0 Å². The van der Waals surface area contributed by atoms with Gasteiger partial charge in [0.2, 0.25) is 10.0 Å². The van der Waals surface area contributed by atoms with Crippen molar-refractivity contribution in [1.29, 1.82) is 0 Å². The van der Waals surface area contributed by atoms with Crippen LogP contribution in [0.3, 0.4) is 0 Å². The SMILES string of the molecule is CCS(=O)(=O)N1CCC(NC(=NC)NCC2(SC)CCOCC2)CC1. The van der Waals surface area contributed by atoms with Gasteiger partial charge in [0.05, 0.1) is 5.75 Å². The van der Waals surface area contributed by atoms with E-state index in [1.165, 1.54) is 0 Å². The highest BCUT2D eigenvalue weighted by molar-refractivity contribution is 8.00. The number of thioether (sulfide) groups is 1. The molecule has 0 bridgehead atoms. The lowest BCUT2D eigenvalue weighted by Crippen LogP contribution is -2.52. The molecule has 9 heteroatoms. The van der Waals surface area contributed by atoms with Crippen LogP contribution >= 0.6 is 11.8 Å². The van der Waals surface area contributed by atoms with E-state index in [0.29, 0.717) is 13.1 Å². The van der Waals surface area contributed by atoms with Crippen LogP contribution in [-0.2, 0) is 14.8 Å². The molecule has 0 radical (unpaired) electrons. The Morgan fingerprint density at radius 1 is 1.32 bits per heavy atom. The number of hydrogen-bond acceptors (Lipinski definition) is 5. The quantitative estimate of drug-likeness (QED) is 0.516. The molecule has 25 heavy (non-hydrogen) atoms. The molecule has 2 aliphatic heterocycles. The molecule has 2 heterocycles. The molecule has 0 amide bonds. The van der Waals surface area contributed by atoms with E-state index in [9.17, 15) is 8.42 Å². The summed E-state index contributed by atoms with van der Waals surface area (Å²) in [6.07, 6.45) is 5.87. The predicted octanol–water partition coefficient (Wildman–Crippen LogP) is 0.878. The zero-order valence-electron chi connectivity index (χ0n) is 15.6. The van der Waals surface area contributed by atoms with Crippen molar-refractivity contribution in [3.63, 3.8) is 0 Å². The lowest BCUT2D eigenvalue weighted by Gasteiger charge is -2.37. The second-order valence-corrected chi connectivity index (χ2v) is 10.2. The lowest BCUT2D eigenvalue weighted by atomic mass is 9.99. The fraction of sp³-hybridized carbons (Fsp3) is 0.938. The first kappa shape index (κ1) is 20.8. The van der Waals surface area contributed by atoms with Gasteiger partial charge in [-0.3, -0.25) is 4.99 Å². The number of sulfonamides is 1. The molecule has 0 aromatic carbocycles. The van der Waals surface area contributed by atoms with E-state index < -0.39 is 10.0 Å². The molecule has 0 aliphatic carbocycles. The van der Waals surface area contributed by atoms with Gasteiger partial charge >= 0.3 is 0 Å². The topological polar surface area (TPSA) is 83.0 Å². The number of piperidine rings is 1. The van der Waals surface area contributed by atoms with Gasteiger partial charge in [-0.15, -0.1) is 0 Å². The third kappa shape index (κ3) is 5.74. The van der Waals surface area contributed by atoms with Crippen LogP contribution in [0.2, 0.25) is 0 Å². The Balaban J connectivity index is 1.81. The monoisotopic (exact) mass is 392 g/mol. The van der Waals surface area contributed by atoms with Crippen LogP contribution in [-0.4, -0.2) is 81.4 Å². The van der Waals surface area contributed by atoms with E-state index >= 15 is 0 Å². The van der Waals surface area contributed by atoms with Gasteiger partial charge in [-0.1, -0.05) is 0 Å². The number of hydrogen-bond donors (Lipinski definition) is 2. The molecule has 2 aliphatic rings. The first-order valence-corrected chi connectivity index (χ1v) is 11.9. The average molecular weight is 393 g/mol. The van der Waals surface area contributed by atoms with Crippen molar-refractivity contribution in [3.8, 4) is 0 Å². The molecule has 2 saturated heterocycles. The normalized spacial score (nSPS) is 23.4. The molecule has 0 atom stereocenters. The van der Waals surface area contributed by atoms with Crippen molar-refractivity contribution in [2.45, 2.75) is 43.4 Å². The fourth-order valence-corrected chi connectivity index (χ4v) is 5.21. The summed E-state index contributed by atoms with van der Waals surface area (Å²) in [4.78, 5) is 4.34. The summed E-state index contributed by atoms with van der Waals surface area (Å²) in [6.45, 7) is 5.36. The van der Waals surface area contributed by atoms with Gasteiger partial charge in [0, 0.05) is 50.7 Å². The van der Waals surface area contributed by atoms with Gasteiger partial charge in [-0.2, -0.15) is 11.8 Å². The summed E-state index contributed by atoms with van der Waals surface area (Å²) >= 11 is 1.90. The molecule has 2 N–H and O–H groups in total. The van der Waals surface area contributed by atoms with Crippen molar-refractivity contribution in [2.24, 2.45) is 4.99 Å². The minimum Gasteiger partial charge on any atom is -0.381 e. The molecule has 7 nitrogen and oxygen atoms in total. The molecular formula is C16H32N4O3S2. The Hall–Kier alpha value is -0.510. The van der Waals surface area contributed by atoms with E-state index in [-0.39, 0.29) is 16.5 Å². The molecule has 0 unspecified atom stereocenters. The van der Waals surface area contributed by atoms with E-state index in [2.05, 4.69) is 21.9 Å². The summed E-state index contributed by atoms with van der Waals surface area (Å²) in [6, 6.07) is 0.259. The number of guanidine groups is 1.